The van der Waals surface area contributed by atoms with Crippen molar-refractivity contribution in [2.24, 2.45) is 0 Å². The monoisotopic (exact) mass is 261 g/mol. The van der Waals surface area contributed by atoms with Crippen LogP contribution in [0.5, 0.6) is 5.75 Å². The molecular weight excluding hydrogens is 243 g/mol. The Balaban J connectivity index is 0.000000225. The minimum absolute atomic E-state index is 0.419. The maximum Gasteiger partial charge on any atom is 0.416 e. The number of piperidine rings is 1. The van der Waals surface area contributed by atoms with Crippen LogP contribution in [0.25, 0.3) is 0 Å². The molecule has 0 atom stereocenters. The van der Waals surface area contributed by atoms with E-state index in [1.807, 2.05) is 0 Å². The van der Waals surface area contributed by atoms with Gasteiger partial charge < -0.3 is 10.1 Å². The van der Waals surface area contributed by atoms with Gasteiger partial charge in [-0.25, -0.2) is 0 Å². The number of halogens is 3. The summed E-state index contributed by atoms with van der Waals surface area (Å²) >= 11 is 0. The summed E-state index contributed by atoms with van der Waals surface area (Å²) in [5.41, 5.74) is -0.664. The third-order valence-corrected chi connectivity index (χ3v) is 2.62. The van der Waals surface area contributed by atoms with E-state index in [1.54, 1.807) is 0 Å². The molecule has 0 aliphatic carbocycles. The predicted molar refractivity (Wildman–Crippen MR) is 64.7 cm³/mol. The molecule has 1 N–H and O–H groups in total. The van der Waals surface area contributed by atoms with Gasteiger partial charge in [0.15, 0.2) is 0 Å². The van der Waals surface area contributed by atoms with E-state index in [2.05, 4.69) is 5.32 Å². The first-order valence-electron chi connectivity index (χ1n) is 5.96. The van der Waals surface area contributed by atoms with Crippen molar-refractivity contribution in [1.29, 1.82) is 0 Å². The molecule has 0 aromatic heterocycles. The summed E-state index contributed by atoms with van der Waals surface area (Å²) in [5.74, 6) is 0.419. The van der Waals surface area contributed by atoms with Gasteiger partial charge in [-0.2, -0.15) is 13.2 Å². The molecule has 0 radical (unpaired) electrons. The van der Waals surface area contributed by atoms with Gasteiger partial charge in [0.25, 0.3) is 0 Å². The molecule has 1 aliphatic rings. The van der Waals surface area contributed by atoms with Crippen LogP contribution in [0.15, 0.2) is 24.3 Å². The first-order chi connectivity index (χ1) is 8.54. The van der Waals surface area contributed by atoms with Crippen LogP contribution in [0, 0.1) is 0 Å². The van der Waals surface area contributed by atoms with E-state index in [-0.39, 0.29) is 0 Å². The molecule has 1 fully saturated rings. The van der Waals surface area contributed by atoms with Gasteiger partial charge in [-0.05, 0) is 50.2 Å². The third-order valence-electron chi connectivity index (χ3n) is 2.62. The Labute approximate surface area is 105 Å². The molecule has 2 nitrogen and oxygen atoms in total. The van der Waals surface area contributed by atoms with Crippen molar-refractivity contribution in [2.45, 2.75) is 25.4 Å². The highest BCUT2D eigenvalue weighted by Gasteiger charge is 2.29. The SMILES string of the molecule is C1CCNCC1.COc1ccc(C(F)(F)F)cc1. The van der Waals surface area contributed by atoms with Crippen LogP contribution in [0.2, 0.25) is 0 Å². The highest BCUT2D eigenvalue weighted by molar-refractivity contribution is 5.28. The highest BCUT2D eigenvalue weighted by Crippen LogP contribution is 2.29. The summed E-state index contributed by atoms with van der Waals surface area (Å²) in [5, 5.41) is 3.28. The molecule has 1 aromatic carbocycles. The fraction of sp³-hybridized carbons (Fsp3) is 0.538. The van der Waals surface area contributed by atoms with E-state index in [1.165, 1.54) is 51.6 Å². The lowest BCUT2D eigenvalue weighted by atomic mass is 10.2. The van der Waals surface area contributed by atoms with E-state index >= 15 is 0 Å². The van der Waals surface area contributed by atoms with E-state index < -0.39 is 11.7 Å². The zero-order valence-electron chi connectivity index (χ0n) is 10.4. The molecule has 0 saturated carbocycles. The molecular formula is C13H18F3NO. The molecule has 1 aromatic rings. The molecule has 0 amide bonds. The summed E-state index contributed by atoms with van der Waals surface area (Å²) in [6.45, 7) is 2.50. The largest absolute Gasteiger partial charge is 0.497 e. The number of methoxy groups -OCH3 is 1. The van der Waals surface area contributed by atoms with E-state index in [0.717, 1.165) is 12.1 Å². The molecule has 0 spiro atoms. The van der Waals surface area contributed by atoms with Crippen molar-refractivity contribution in [3.8, 4) is 5.75 Å². The normalized spacial score (nSPS) is 15.6. The fourth-order valence-electron chi connectivity index (χ4n) is 1.58. The van der Waals surface area contributed by atoms with Crippen LogP contribution in [0.3, 0.4) is 0 Å². The van der Waals surface area contributed by atoms with Crippen LogP contribution in [-0.4, -0.2) is 20.2 Å². The van der Waals surface area contributed by atoms with Crippen LogP contribution < -0.4 is 10.1 Å². The second-order valence-electron chi connectivity index (χ2n) is 4.04. The Hall–Kier alpha value is -1.23. The summed E-state index contributed by atoms with van der Waals surface area (Å²) in [6.07, 6.45) is -0.0563. The lowest BCUT2D eigenvalue weighted by Gasteiger charge is -2.08. The minimum Gasteiger partial charge on any atom is -0.497 e. The van der Waals surface area contributed by atoms with Gasteiger partial charge in [-0.1, -0.05) is 6.42 Å². The fourth-order valence-corrected chi connectivity index (χ4v) is 1.58. The molecule has 102 valence electrons. The molecule has 0 bridgehead atoms. The van der Waals surface area contributed by atoms with Gasteiger partial charge in [0, 0.05) is 0 Å². The smallest absolute Gasteiger partial charge is 0.416 e. The van der Waals surface area contributed by atoms with Gasteiger partial charge in [0.1, 0.15) is 5.75 Å². The lowest BCUT2D eigenvalue weighted by Crippen LogP contribution is -2.21. The van der Waals surface area contributed by atoms with Gasteiger partial charge in [0.2, 0.25) is 0 Å². The Morgan fingerprint density at radius 1 is 1.00 bits per heavy atom. The van der Waals surface area contributed by atoms with Gasteiger partial charge in [-0.15, -0.1) is 0 Å². The van der Waals surface area contributed by atoms with Crippen molar-refractivity contribution in [1.82, 2.24) is 5.32 Å². The zero-order valence-corrected chi connectivity index (χ0v) is 10.4. The number of nitrogens with one attached hydrogen (secondary N) is 1. The Morgan fingerprint density at radius 2 is 1.56 bits per heavy atom. The lowest BCUT2D eigenvalue weighted by molar-refractivity contribution is -0.137. The highest BCUT2D eigenvalue weighted by atomic mass is 19.4. The van der Waals surface area contributed by atoms with Crippen molar-refractivity contribution >= 4 is 0 Å². The summed E-state index contributed by atoms with van der Waals surface area (Å²) in [6, 6.07) is 4.53. The average molecular weight is 261 g/mol. The van der Waals surface area contributed by atoms with E-state index in [9.17, 15) is 13.2 Å². The molecule has 1 saturated heterocycles. The second kappa shape index (κ2) is 7.26. The molecule has 5 heteroatoms. The maximum atomic E-state index is 12.0. The molecule has 1 aliphatic heterocycles. The van der Waals surface area contributed by atoms with Crippen LogP contribution >= 0.6 is 0 Å². The number of alkyl halides is 3. The molecule has 0 unspecified atom stereocenters. The molecule has 2 rings (SSSR count). The van der Waals surface area contributed by atoms with Crippen LogP contribution in [-0.2, 0) is 6.18 Å². The summed E-state index contributed by atoms with van der Waals surface area (Å²) in [4.78, 5) is 0. The first-order valence-corrected chi connectivity index (χ1v) is 5.96. The average Bonchev–Trinajstić information content (AvgIpc) is 2.40. The Bertz CT molecular complexity index is 320. The minimum atomic E-state index is -4.27. The topological polar surface area (TPSA) is 21.3 Å². The Kier molecular flexibility index (Phi) is 5.98. The summed E-state index contributed by atoms with van der Waals surface area (Å²) < 4.78 is 40.7. The van der Waals surface area contributed by atoms with Gasteiger partial charge in [-0.3, -0.25) is 0 Å². The van der Waals surface area contributed by atoms with E-state index in [0.29, 0.717) is 5.75 Å². The first kappa shape index (κ1) is 14.8. The number of hydrogen-bond acceptors (Lipinski definition) is 2. The molecule has 1 heterocycles. The van der Waals surface area contributed by atoms with Gasteiger partial charge in [0.05, 0.1) is 12.7 Å². The summed E-state index contributed by atoms with van der Waals surface area (Å²) in [7, 11) is 1.41. The number of ether oxygens (including phenoxy) is 1. The Morgan fingerprint density at radius 3 is 1.83 bits per heavy atom. The van der Waals surface area contributed by atoms with Crippen molar-refractivity contribution in [3.63, 3.8) is 0 Å². The third kappa shape index (κ3) is 5.40. The van der Waals surface area contributed by atoms with Crippen LogP contribution in [0.1, 0.15) is 24.8 Å². The number of rotatable bonds is 1. The standard InChI is InChI=1S/C8H7F3O.C5H11N/c1-12-7-4-2-6(3-5-7)8(9,10)11;1-2-4-6-5-3-1/h2-5H,1H3;6H,1-5H2. The second-order valence-corrected chi connectivity index (χ2v) is 4.04. The zero-order chi connectivity index (χ0) is 13.4. The van der Waals surface area contributed by atoms with Gasteiger partial charge >= 0.3 is 6.18 Å². The quantitative estimate of drug-likeness (QED) is 0.835. The van der Waals surface area contributed by atoms with Crippen molar-refractivity contribution < 1.29 is 17.9 Å². The van der Waals surface area contributed by atoms with Crippen molar-refractivity contribution in [3.05, 3.63) is 29.8 Å². The van der Waals surface area contributed by atoms with E-state index in [4.69, 9.17) is 4.74 Å². The van der Waals surface area contributed by atoms with Crippen LogP contribution in [0.4, 0.5) is 13.2 Å². The maximum absolute atomic E-state index is 12.0. The molecule has 18 heavy (non-hydrogen) atoms. The number of hydrogen-bond donors (Lipinski definition) is 1. The van der Waals surface area contributed by atoms with Crippen molar-refractivity contribution in [2.75, 3.05) is 20.2 Å². The predicted octanol–water partition coefficient (Wildman–Crippen LogP) is 3.47. The number of benzene rings is 1.